The van der Waals surface area contributed by atoms with Crippen LogP contribution in [-0.4, -0.2) is 17.1 Å². The molecule has 0 saturated heterocycles. The summed E-state index contributed by atoms with van der Waals surface area (Å²) in [6.45, 7) is 0. The highest BCUT2D eigenvalue weighted by molar-refractivity contribution is 5.74. The summed E-state index contributed by atoms with van der Waals surface area (Å²) in [7, 11) is 1.34. The van der Waals surface area contributed by atoms with E-state index in [-0.39, 0.29) is 5.88 Å². The Bertz CT molecular complexity index is 536. The number of methoxy groups -OCH3 is 1. The average Bonchev–Trinajstić information content (AvgIpc) is 2.17. The van der Waals surface area contributed by atoms with Crippen molar-refractivity contribution in [3.63, 3.8) is 0 Å². The molecule has 1 N–H and O–H groups in total. The third-order valence-corrected chi connectivity index (χ3v) is 1.82. The Labute approximate surface area is 78.4 Å². The zero-order valence-electron chi connectivity index (χ0n) is 7.37. The smallest absolute Gasteiger partial charge is 0.311 e. The molecule has 1 aromatic carbocycles. The molecule has 0 spiro atoms. The van der Waals surface area contributed by atoms with Gasteiger partial charge in [-0.3, -0.25) is 4.79 Å². The van der Waals surface area contributed by atoms with Crippen LogP contribution in [0, 0.1) is 5.82 Å². The lowest BCUT2D eigenvalue weighted by Crippen LogP contribution is -2.11. The zero-order chi connectivity index (χ0) is 10.1. The number of aromatic amines is 1. The molecule has 0 atom stereocenters. The topological polar surface area (TPSA) is 55.0 Å². The summed E-state index contributed by atoms with van der Waals surface area (Å²) in [5, 5.41) is 0. The van der Waals surface area contributed by atoms with Crippen molar-refractivity contribution in [2.75, 3.05) is 7.11 Å². The summed E-state index contributed by atoms with van der Waals surface area (Å²) >= 11 is 0. The van der Waals surface area contributed by atoms with Crippen LogP contribution in [0.15, 0.2) is 23.0 Å². The number of aromatic nitrogens is 2. The first-order valence-electron chi connectivity index (χ1n) is 3.94. The van der Waals surface area contributed by atoms with Gasteiger partial charge in [-0.05, 0) is 12.1 Å². The molecule has 2 aromatic rings. The fraction of sp³-hybridized carbons (Fsp3) is 0.111. The number of benzene rings is 1. The molecular weight excluding hydrogens is 187 g/mol. The van der Waals surface area contributed by atoms with Crippen LogP contribution in [0.3, 0.4) is 0 Å². The maximum atomic E-state index is 12.8. The van der Waals surface area contributed by atoms with Crippen molar-refractivity contribution in [2.45, 2.75) is 0 Å². The van der Waals surface area contributed by atoms with E-state index in [0.29, 0.717) is 11.0 Å². The minimum atomic E-state index is -0.424. The number of rotatable bonds is 1. The van der Waals surface area contributed by atoms with Crippen molar-refractivity contribution in [1.29, 1.82) is 0 Å². The Kier molecular flexibility index (Phi) is 1.92. The van der Waals surface area contributed by atoms with Crippen LogP contribution in [0.1, 0.15) is 0 Å². The van der Waals surface area contributed by atoms with Crippen molar-refractivity contribution in [2.24, 2.45) is 0 Å². The molecule has 4 nitrogen and oxygen atoms in total. The Morgan fingerprint density at radius 3 is 3.00 bits per heavy atom. The molecule has 0 aliphatic heterocycles. The number of hydrogen-bond acceptors (Lipinski definition) is 3. The standard InChI is InChI=1S/C9H7FN2O2/c1-14-9-8(13)11-6-3-2-5(10)4-7(6)12-9/h2-4H,1H3,(H,11,13). The molecule has 1 heterocycles. The SMILES string of the molecule is COc1nc2cc(F)ccc2[nH]c1=O. The number of fused-ring (bicyclic) bond motifs is 1. The summed E-state index contributed by atoms with van der Waals surface area (Å²) < 4.78 is 17.5. The van der Waals surface area contributed by atoms with E-state index in [4.69, 9.17) is 4.74 Å². The average molecular weight is 194 g/mol. The van der Waals surface area contributed by atoms with E-state index in [9.17, 15) is 9.18 Å². The summed E-state index contributed by atoms with van der Waals surface area (Å²) in [4.78, 5) is 17.6. The van der Waals surface area contributed by atoms with E-state index < -0.39 is 11.4 Å². The van der Waals surface area contributed by atoms with Crippen molar-refractivity contribution in [3.8, 4) is 5.88 Å². The van der Waals surface area contributed by atoms with Gasteiger partial charge in [0, 0.05) is 6.07 Å². The molecule has 0 radical (unpaired) electrons. The molecule has 5 heteroatoms. The fourth-order valence-electron chi connectivity index (χ4n) is 1.18. The molecule has 0 fully saturated rings. The van der Waals surface area contributed by atoms with Gasteiger partial charge in [0.1, 0.15) is 5.82 Å². The number of halogens is 1. The minimum Gasteiger partial charge on any atom is -0.477 e. The van der Waals surface area contributed by atoms with Gasteiger partial charge in [-0.15, -0.1) is 0 Å². The van der Waals surface area contributed by atoms with Crippen LogP contribution in [0.2, 0.25) is 0 Å². The first-order chi connectivity index (χ1) is 6.70. The minimum absolute atomic E-state index is 0.0666. The van der Waals surface area contributed by atoms with Gasteiger partial charge >= 0.3 is 5.56 Å². The highest BCUT2D eigenvalue weighted by Crippen LogP contribution is 2.11. The molecular formula is C9H7FN2O2. The van der Waals surface area contributed by atoms with Crippen LogP contribution < -0.4 is 10.3 Å². The van der Waals surface area contributed by atoms with E-state index in [2.05, 4.69) is 9.97 Å². The molecule has 1 aromatic heterocycles. The second kappa shape index (κ2) is 3.10. The number of H-pyrrole nitrogens is 1. The van der Waals surface area contributed by atoms with E-state index in [1.54, 1.807) is 0 Å². The third kappa shape index (κ3) is 1.32. The summed E-state index contributed by atoms with van der Waals surface area (Å²) in [5.74, 6) is -0.470. The van der Waals surface area contributed by atoms with Gasteiger partial charge < -0.3 is 9.72 Å². The van der Waals surface area contributed by atoms with Gasteiger partial charge in [0.25, 0.3) is 5.88 Å². The lowest BCUT2D eigenvalue weighted by molar-refractivity contribution is 0.393. The Morgan fingerprint density at radius 1 is 1.50 bits per heavy atom. The highest BCUT2D eigenvalue weighted by atomic mass is 19.1. The van der Waals surface area contributed by atoms with E-state index in [1.165, 1.54) is 25.3 Å². The van der Waals surface area contributed by atoms with Gasteiger partial charge in [0.15, 0.2) is 0 Å². The lowest BCUT2D eigenvalue weighted by atomic mass is 10.3. The van der Waals surface area contributed by atoms with Crippen molar-refractivity contribution in [1.82, 2.24) is 9.97 Å². The molecule has 0 aliphatic carbocycles. The Morgan fingerprint density at radius 2 is 2.29 bits per heavy atom. The van der Waals surface area contributed by atoms with Crippen LogP contribution in [-0.2, 0) is 0 Å². The molecule has 0 aliphatic rings. The van der Waals surface area contributed by atoms with Crippen molar-refractivity contribution < 1.29 is 9.13 Å². The van der Waals surface area contributed by atoms with E-state index >= 15 is 0 Å². The summed E-state index contributed by atoms with van der Waals surface area (Å²) in [6.07, 6.45) is 0. The van der Waals surface area contributed by atoms with Crippen molar-refractivity contribution in [3.05, 3.63) is 34.4 Å². The predicted molar refractivity (Wildman–Crippen MR) is 48.9 cm³/mol. The van der Waals surface area contributed by atoms with Gasteiger partial charge in [0.05, 0.1) is 18.1 Å². The molecule has 0 bridgehead atoms. The highest BCUT2D eigenvalue weighted by Gasteiger charge is 2.04. The Balaban J connectivity index is 2.80. The first-order valence-corrected chi connectivity index (χ1v) is 3.94. The molecule has 2 rings (SSSR count). The lowest BCUT2D eigenvalue weighted by Gasteiger charge is -2.00. The van der Waals surface area contributed by atoms with Crippen LogP contribution in [0.25, 0.3) is 11.0 Å². The molecule has 72 valence electrons. The van der Waals surface area contributed by atoms with E-state index in [1.807, 2.05) is 0 Å². The molecule has 0 amide bonds. The van der Waals surface area contributed by atoms with Crippen LogP contribution in [0.4, 0.5) is 4.39 Å². The van der Waals surface area contributed by atoms with Crippen LogP contribution in [0.5, 0.6) is 5.88 Å². The van der Waals surface area contributed by atoms with Crippen LogP contribution >= 0.6 is 0 Å². The van der Waals surface area contributed by atoms with Crippen molar-refractivity contribution >= 4 is 11.0 Å². The number of nitrogens with zero attached hydrogens (tertiary/aromatic N) is 1. The largest absolute Gasteiger partial charge is 0.477 e. The van der Waals surface area contributed by atoms with Gasteiger partial charge in [0.2, 0.25) is 0 Å². The normalized spacial score (nSPS) is 10.4. The zero-order valence-corrected chi connectivity index (χ0v) is 7.37. The fourth-order valence-corrected chi connectivity index (χ4v) is 1.18. The molecule has 0 unspecified atom stereocenters. The predicted octanol–water partition coefficient (Wildman–Crippen LogP) is 1.07. The second-order valence-corrected chi connectivity index (χ2v) is 2.74. The van der Waals surface area contributed by atoms with Gasteiger partial charge in [-0.2, -0.15) is 0 Å². The monoisotopic (exact) mass is 194 g/mol. The number of nitrogens with one attached hydrogen (secondary N) is 1. The van der Waals surface area contributed by atoms with E-state index in [0.717, 1.165) is 0 Å². The maximum Gasteiger partial charge on any atom is 0.311 e. The third-order valence-electron chi connectivity index (χ3n) is 1.82. The molecule has 14 heavy (non-hydrogen) atoms. The summed E-state index contributed by atoms with van der Waals surface area (Å²) in [6, 6.07) is 3.94. The maximum absolute atomic E-state index is 12.8. The quantitative estimate of drug-likeness (QED) is 0.738. The number of ether oxygens (including phenoxy) is 1. The summed E-state index contributed by atoms with van der Waals surface area (Å²) in [5.41, 5.74) is 0.422. The first kappa shape index (κ1) is 8.68. The van der Waals surface area contributed by atoms with Gasteiger partial charge in [-0.1, -0.05) is 0 Å². The molecule has 0 saturated carbocycles. The second-order valence-electron chi connectivity index (χ2n) is 2.74. The van der Waals surface area contributed by atoms with Gasteiger partial charge in [-0.25, -0.2) is 9.37 Å². The Hall–Kier alpha value is -1.91. The number of hydrogen-bond donors (Lipinski definition) is 1.